The molecule has 1 rings (SSSR count). The van der Waals surface area contributed by atoms with Gasteiger partial charge in [-0.15, -0.1) is 0 Å². The maximum Gasteiger partial charge on any atom is 0.334 e. The first-order chi connectivity index (χ1) is 11.3. The predicted molar refractivity (Wildman–Crippen MR) is 82.5 cm³/mol. The molecule has 0 aromatic heterocycles. The second kappa shape index (κ2) is 8.42. The van der Waals surface area contributed by atoms with E-state index in [1.54, 1.807) is 13.8 Å². The minimum absolute atomic E-state index is 0.110. The van der Waals surface area contributed by atoms with E-state index < -0.39 is 42.3 Å². The number of hydrogen-bond acceptors (Lipinski definition) is 6. The predicted octanol–water partition coefficient (Wildman–Crippen LogP) is -0.109. The normalized spacial score (nSPS) is 17.1. The van der Waals surface area contributed by atoms with Crippen molar-refractivity contribution in [3.8, 4) is 0 Å². The molecule has 1 aliphatic rings. The summed E-state index contributed by atoms with van der Waals surface area (Å²) in [6, 6.07) is -1.71. The van der Waals surface area contributed by atoms with Crippen LogP contribution in [-0.2, 0) is 23.9 Å². The summed E-state index contributed by atoms with van der Waals surface area (Å²) in [5.74, 6) is -3.49. The number of carbonyl (C=O) groups excluding carboxylic acids is 5. The van der Waals surface area contributed by atoms with E-state index in [2.05, 4.69) is 10.1 Å². The molecule has 0 aromatic rings. The largest absolute Gasteiger partial charge is 0.467 e. The number of rotatable bonds is 8. The van der Waals surface area contributed by atoms with Crippen LogP contribution in [0.5, 0.6) is 0 Å². The van der Waals surface area contributed by atoms with Gasteiger partial charge in [0, 0.05) is 6.54 Å². The molecule has 1 saturated heterocycles. The lowest BCUT2D eigenvalue weighted by Gasteiger charge is -2.23. The number of hydrogen-bond donors (Lipinski definition) is 1. The zero-order chi connectivity index (χ0) is 18.4. The standard InChI is InChI=1S/C15H23N3O6/c1-5-7-17-12(20)13(21)18(15(17)23)8-10(19)16-11(9(3)6-2)14(22)24-4/h9,11H,5-8H2,1-4H3,(H,16,19)/t9-,11-/m0/s1. The SMILES string of the molecule is CCCN1C(=O)C(=O)N(CC(=O)N[C@H](C(=O)OC)[C@@H](C)CC)C1=O. The van der Waals surface area contributed by atoms with E-state index in [0.717, 1.165) is 4.90 Å². The minimum Gasteiger partial charge on any atom is -0.467 e. The Kier molecular flexibility index (Phi) is 6.87. The van der Waals surface area contributed by atoms with Crippen molar-refractivity contribution in [3.05, 3.63) is 0 Å². The molecule has 0 aliphatic carbocycles. The lowest BCUT2D eigenvalue weighted by Crippen LogP contribution is -2.50. The molecular formula is C15H23N3O6. The summed E-state index contributed by atoms with van der Waals surface area (Å²) in [5.41, 5.74) is 0. The highest BCUT2D eigenvalue weighted by atomic mass is 16.5. The highest BCUT2D eigenvalue weighted by molar-refractivity contribution is 6.45. The topological polar surface area (TPSA) is 113 Å². The molecule has 1 fully saturated rings. The van der Waals surface area contributed by atoms with Crippen molar-refractivity contribution in [1.82, 2.24) is 15.1 Å². The van der Waals surface area contributed by atoms with Crippen LogP contribution >= 0.6 is 0 Å². The summed E-state index contributed by atoms with van der Waals surface area (Å²) in [4.78, 5) is 60.9. The van der Waals surface area contributed by atoms with Crippen LogP contribution in [0, 0.1) is 5.92 Å². The molecule has 24 heavy (non-hydrogen) atoms. The first kappa shape index (κ1) is 19.6. The molecule has 0 radical (unpaired) electrons. The summed E-state index contributed by atoms with van der Waals surface area (Å²) in [6.07, 6.45) is 1.12. The lowest BCUT2D eigenvalue weighted by atomic mass is 9.99. The second-order valence-electron chi connectivity index (χ2n) is 5.58. The fourth-order valence-electron chi connectivity index (χ4n) is 2.27. The lowest BCUT2D eigenvalue weighted by molar-refractivity contribution is -0.147. The van der Waals surface area contributed by atoms with Gasteiger partial charge in [0.2, 0.25) is 5.91 Å². The first-order valence-electron chi connectivity index (χ1n) is 7.82. The molecule has 0 unspecified atom stereocenters. The Labute approximate surface area is 140 Å². The van der Waals surface area contributed by atoms with Crippen molar-refractivity contribution in [2.45, 2.75) is 39.7 Å². The smallest absolute Gasteiger partial charge is 0.334 e. The summed E-state index contributed by atoms with van der Waals surface area (Å²) in [7, 11) is 1.21. The molecule has 2 atom stereocenters. The monoisotopic (exact) mass is 341 g/mol. The Morgan fingerprint density at radius 3 is 2.21 bits per heavy atom. The van der Waals surface area contributed by atoms with Crippen molar-refractivity contribution in [2.24, 2.45) is 5.92 Å². The van der Waals surface area contributed by atoms with Crippen LogP contribution in [0.1, 0.15) is 33.6 Å². The molecule has 5 amide bonds. The molecule has 9 nitrogen and oxygen atoms in total. The summed E-state index contributed by atoms with van der Waals surface area (Å²) in [6.45, 7) is 4.86. The van der Waals surface area contributed by atoms with E-state index >= 15 is 0 Å². The van der Waals surface area contributed by atoms with E-state index in [1.807, 2.05) is 6.92 Å². The third-order valence-electron chi connectivity index (χ3n) is 3.87. The average Bonchev–Trinajstić information content (AvgIpc) is 2.76. The van der Waals surface area contributed by atoms with Crippen LogP contribution in [0.15, 0.2) is 0 Å². The van der Waals surface area contributed by atoms with E-state index in [0.29, 0.717) is 17.7 Å². The number of amides is 5. The molecule has 0 saturated carbocycles. The van der Waals surface area contributed by atoms with Crippen molar-refractivity contribution >= 4 is 29.7 Å². The van der Waals surface area contributed by atoms with Gasteiger partial charge < -0.3 is 10.1 Å². The third-order valence-corrected chi connectivity index (χ3v) is 3.87. The van der Waals surface area contributed by atoms with E-state index in [9.17, 15) is 24.0 Å². The quantitative estimate of drug-likeness (QED) is 0.374. The Hall–Kier alpha value is -2.45. The molecule has 1 heterocycles. The molecule has 0 spiro atoms. The number of methoxy groups -OCH3 is 1. The van der Waals surface area contributed by atoms with Crippen LogP contribution in [-0.4, -0.2) is 65.8 Å². The number of urea groups is 1. The highest BCUT2D eigenvalue weighted by Gasteiger charge is 2.45. The molecule has 1 aliphatic heterocycles. The maximum atomic E-state index is 12.1. The van der Waals surface area contributed by atoms with Crippen LogP contribution < -0.4 is 5.32 Å². The van der Waals surface area contributed by atoms with E-state index in [4.69, 9.17) is 0 Å². The summed E-state index contributed by atoms with van der Waals surface area (Å²) >= 11 is 0. The van der Waals surface area contributed by atoms with Gasteiger partial charge in [0.15, 0.2) is 0 Å². The molecule has 9 heteroatoms. The van der Waals surface area contributed by atoms with Gasteiger partial charge in [-0.25, -0.2) is 14.5 Å². The fraction of sp³-hybridized carbons (Fsp3) is 0.667. The van der Waals surface area contributed by atoms with Crippen LogP contribution in [0.4, 0.5) is 4.79 Å². The fourth-order valence-corrected chi connectivity index (χ4v) is 2.27. The maximum absolute atomic E-state index is 12.1. The highest BCUT2D eigenvalue weighted by Crippen LogP contribution is 2.13. The van der Waals surface area contributed by atoms with Crippen molar-refractivity contribution in [3.63, 3.8) is 0 Å². The zero-order valence-corrected chi connectivity index (χ0v) is 14.3. The number of nitrogens with zero attached hydrogens (tertiary/aromatic N) is 2. The van der Waals surface area contributed by atoms with Crippen LogP contribution in [0.25, 0.3) is 0 Å². The minimum atomic E-state index is -1.04. The van der Waals surface area contributed by atoms with Gasteiger partial charge in [-0.05, 0) is 12.3 Å². The van der Waals surface area contributed by atoms with Crippen LogP contribution in [0.3, 0.4) is 0 Å². The molecule has 0 aromatic carbocycles. The van der Waals surface area contributed by atoms with Crippen molar-refractivity contribution < 1.29 is 28.7 Å². The van der Waals surface area contributed by atoms with Crippen molar-refractivity contribution in [1.29, 1.82) is 0 Å². The third kappa shape index (κ3) is 4.09. The van der Waals surface area contributed by atoms with Crippen LogP contribution in [0.2, 0.25) is 0 Å². The summed E-state index contributed by atoms with van der Waals surface area (Å²) < 4.78 is 4.65. The van der Waals surface area contributed by atoms with Gasteiger partial charge in [-0.1, -0.05) is 27.2 Å². The van der Waals surface area contributed by atoms with E-state index in [-0.39, 0.29) is 12.5 Å². The number of imide groups is 2. The number of esters is 1. The molecule has 0 bridgehead atoms. The van der Waals surface area contributed by atoms with Crippen molar-refractivity contribution in [2.75, 3.05) is 20.2 Å². The Morgan fingerprint density at radius 2 is 1.71 bits per heavy atom. The zero-order valence-electron chi connectivity index (χ0n) is 14.3. The number of carbonyl (C=O) groups is 5. The van der Waals surface area contributed by atoms with Gasteiger partial charge >= 0.3 is 23.8 Å². The number of ether oxygens (including phenoxy) is 1. The Morgan fingerprint density at radius 1 is 1.12 bits per heavy atom. The molecule has 1 N–H and O–H groups in total. The first-order valence-corrected chi connectivity index (χ1v) is 7.82. The Bertz CT molecular complexity index is 547. The number of nitrogens with one attached hydrogen (secondary N) is 1. The van der Waals surface area contributed by atoms with E-state index in [1.165, 1.54) is 7.11 Å². The molecular weight excluding hydrogens is 318 g/mol. The van der Waals surface area contributed by atoms with Gasteiger partial charge in [-0.3, -0.25) is 19.3 Å². The Balaban J connectivity index is 2.79. The second-order valence-corrected chi connectivity index (χ2v) is 5.58. The van der Waals surface area contributed by atoms with Gasteiger partial charge in [0.05, 0.1) is 7.11 Å². The van der Waals surface area contributed by atoms with Gasteiger partial charge in [0.25, 0.3) is 0 Å². The van der Waals surface area contributed by atoms with Gasteiger partial charge in [0.1, 0.15) is 12.6 Å². The average molecular weight is 341 g/mol. The molecule has 134 valence electrons. The summed E-state index contributed by atoms with van der Waals surface area (Å²) in [5, 5.41) is 2.46. The van der Waals surface area contributed by atoms with Gasteiger partial charge in [-0.2, -0.15) is 0 Å².